The lowest BCUT2D eigenvalue weighted by Crippen LogP contribution is -2.15. The van der Waals surface area contributed by atoms with Gasteiger partial charge in [0.15, 0.2) is 11.5 Å². The summed E-state index contributed by atoms with van der Waals surface area (Å²) in [6.45, 7) is 2.48. The van der Waals surface area contributed by atoms with Gasteiger partial charge in [-0.3, -0.25) is 9.59 Å². The Morgan fingerprint density at radius 1 is 1.14 bits per heavy atom. The Kier molecular flexibility index (Phi) is 6.26. The predicted molar refractivity (Wildman–Crippen MR) is 107 cm³/mol. The Morgan fingerprint density at radius 3 is 2.68 bits per heavy atom. The van der Waals surface area contributed by atoms with Gasteiger partial charge >= 0.3 is 0 Å². The van der Waals surface area contributed by atoms with E-state index in [1.807, 2.05) is 0 Å². The maximum Gasteiger partial charge on any atom is 0.228 e. The van der Waals surface area contributed by atoms with E-state index in [0.29, 0.717) is 52.4 Å². The monoisotopic (exact) mass is 404 g/mol. The summed E-state index contributed by atoms with van der Waals surface area (Å²) in [4.78, 5) is 23.8. The largest absolute Gasteiger partial charge is 0.495 e. The SMILES string of the molecule is COc1ccc(NC(=O)Cc2cc(Cl)c3c(c2)OCCCO3)cc1NC(C)=O. The average molecular weight is 405 g/mol. The van der Waals surface area contributed by atoms with E-state index >= 15 is 0 Å². The van der Waals surface area contributed by atoms with Crippen molar-refractivity contribution in [3.63, 3.8) is 0 Å². The Balaban J connectivity index is 1.73. The first-order valence-electron chi connectivity index (χ1n) is 8.80. The van der Waals surface area contributed by atoms with Crippen LogP contribution in [-0.4, -0.2) is 32.1 Å². The summed E-state index contributed by atoms with van der Waals surface area (Å²) in [6, 6.07) is 8.47. The first kappa shape index (κ1) is 19.8. The fourth-order valence-electron chi connectivity index (χ4n) is 2.85. The molecule has 7 nitrogen and oxygen atoms in total. The van der Waals surface area contributed by atoms with Gasteiger partial charge < -0.3 is 24.8 Å². The fourth-order valence-corrected chi connectivity index (χ4v) is 3.14. The normalized spacial score (nSPS) is 12.7. The van der Waals surface area contributed by atoms with Crippen molar-refractivity contribution in [3.8, 4) is 17.2 Å². The van der Waals surface area contributed by atoms with Crippen LogP contribution in [0.3, 0.4) is 0 Å². The van der Waals surface area contributed by atoms with Crippen molar-refractivity contribution in [1.29, 1.82) is 0 Å². The maximum absolute atomic E-state index is 12.5. The third-order valence-electron chi connectivity index (χ3n) is 4.02. The molecule has 1 aliphatic rings. The molecule has 0 saturated carbocycles. The summed E-state index contributed by atoms with van der Waals surface area (Å²) in [5.41, 5.74) is 1.73. The number of fused-ring (bicyclic) bond motifs is 1. The van der Waals surface area contributed by atoms with E-state index in [2.05, 4.69) is 10.6 Å². The molecule has 0 saturated heterocycles. The number of nitrogens with one attached hydrogen (secondary N) is 2. The lowest BCUT2D eigenvalue weighted by molar-refractivity contribution is -0.115. The third-order valence-corrected chi connectivity index (χ3v) is 4.30. The van der Waals surface area contributed by atoms with Gasteiger partial charge in [-0.1, -0.05) is 11.6 Å². The Hall–Kier alpha value is -2.93. The molecule has 0 fully saturated rings. The summed E-state index contributed by atoms with van der Waals surface area (Å²) < 4.78 is 16.5. The van der Waals surface area contributed by atoms with Crippen molar-refractivity contribution >= 4 is 34.8 Å². The molecule has 1 aliphatic heterocycles. The number of carbonyl (C=O) groups is 2. The number of ether oxygens (including phenoxy) is 3. The van der Waals surface area contributed by atoms with Crippen LogP contribution in [0.4, 0.5) is 11.4 Å². The van der Waals surface area contributed by atoms with E-state index in [1.54, 1.807) is 30.3 Å². The van der Waals surface area contributed by atoms with Gasteiger partial charge in [-0.2, -0.15) is 0 Å². The molecule has 28 heavy (non-hydrogen) atoms. The molecule has 2 amide bonds. The summed E-state index contributed by atoms with van der Waals surface area (Å²) in [6.07, 6.45) is 0.882. The van der Waals surface area contributed by atoms with Gasteiger partial charge in [0.2, 0.25) is 11.8 Å². The van der Waals surface area contributed by atoms with Crippen LogP contribution in [0, 0.1) is 0 Å². The van der Waals surface area contributed by atoms with E-state index < -0.39 is 0 Å². The molecule has 8 heteroatoms. The molecular formula is C20H21ClN2O5. The second-order valence-electron chi connectivity index (χ2n) is 6.28. The van der Waals surface area contributed by atoms with Crippen molar-refractivity contribution < 1.29 is 23.8 Å². The first-order valence-corrected chi connectivity index (χ1v) is 9.17. The van der Waals surface area contributed by atoms with Gasteiger partial charge in [0.1, 0.15) is 5.75 Å². The molecule has 0 aromatic heterocycles. The lowest BCUT2D eigenvalue weighted by Gasteiger charge is -2.13. The number of hydrogen-bond donors (Lipinski definition) is 2. The molecule has 0 bridgehead atoms. The van der Waals surface area contributed by atoms with Gasteiger partial charge in [0, 0.05) is 19.0 Å². The van der Waals surface area contributed by atoms with Crippen LogP contribution in [0.5, 0.6) is 17.2 Å². The minimum atomic E-state index is -0.233. The topological polar surface area (TPSA) is 85.9 Å². The van der Waals surface area contributed by atoms with E-state index in [-0.39, 0.29) is 18.2 Å². The maximum atomic E-state index is 12.5. The minimum Gasteiger partial charge on any atom is -0.495 e. The van der Waals surface area contributed by atoms with Crippen molar-refractivity contribution in [2.45, 2.75) is 19.8 Å². The molecule has 0 atom stereocenters. The number of halogens is 1. The van der Waals surface area contributed by atoms with Crippen molar-refractivity contribution in [2.24, 2.45) is 0 Å². The number of hydrogen-bond acceptors (Lipinski definition) is 5. The Morgan fingerprint density at radius 2 is 1.93 bits per heavy atom. The van der Waals surface area contributed by atoms with Gasteiger partial charge in [-0.15, -0.1) is 0 Å². The second kappa shape index (κ2) is 8.84. The number of amides is 2. The summed E-state index contributed by atoms with van der Waals surface area (Å²) in [7, 11) is 1.51. The molecule has 3 rings (SSSR count). The van der Waals surface area contributed by atoms with Gasteiger partial charge in [-0.25, -0.2) is 0 Å². The fraction of sp³-hybridized carbons (Fsp3) is 0.300. The van der Waals surface area contributed by atoms with Crippen LogP contribution in [-0.2, 0) is 16.0 Å². The van der Waals surface area contributed by atoms with Gasteiger partial charge in [0.25, 0.3) is 0 Å². The highest BCUT2D eigenvalue weighted by molar-refractivity contribution is 6.32. The number of anilines is 2. The lowest BCUT2D eigenvalue weighted by atomic mass is 10.1. The third kappa shape index (κ3) is 4.86. The highest BCUT2D eigenvalue weighted by Gasteiger charge is 2.17. The molecule has 0 radical (unpaired) electrons. The minimum absolute atomic E-state index is 0.109. The molecule has 1 heterocycles. The summed E-state index contributed by atoms with van der Waals surface area (Å²) >= 11 is 6.28. The van der Waals surface area contributed by atoms with E-state index in [1.165, 1.54) is 14.0 Å². The zero-order chi connectivity index (χ0) is 20.1. The average Bonchev–Trinajstić information content (AvgIpc) is 2.87. The van der Waals surface area contributed by atoms with Crippen LogP contribution < -0.4 is 24.8 Å². The number of benzene rings is 2. The van der Waals surface area contributed by atoms with Crippen molar-refractivity contribution in [1.82, 2.24) is 0 Å². The summed E-state index contributed by atoms with van der Waals surface area (Å²) in [5, 5.41) is 5.89. The van der Waals surface area contributed by atoms with E-state index in [4.69, 9.17) is 25.8 Å². The molecule has 0 unspecified atom stereocenters. The zero-order valence-corrected chi connectivity index (χ0v) is 16.4. The van der Waals surface area contributed by atoms with Crippen LogP contribution in [0.25, 0.3) is 0 Å². The quantitative estimate of drug-likeness (QED) is 0.794. The molecule has 148 valence electrons. The molecular weight excluding hydrogens is 384 g/mol. The first-order chi connectivity index (χ1) is 13.5. The molecule has 2 N–H and O–H groups in total. The highest BCUT2D eigenvalue weighted by atomic mass is 35.5. The number of carbonyl (C=O) groups excluding carboxylic acids is 2. The Labute approximate surface area is 167 Å². The highest BCUT2D eigenvalue weighted by Crippen LogP contribution is 2.38. The Bertz CT molecular complexity index is 900. The zero-order valence-electron chi connectivity index (χ0n) is 15.6. The standard InChI is InChI=1S/C20H21ClN2O5/c1-12(24)22-16-11-14(4-5-17(16)26-2)23-19(25)10-13-8-15(21)20-18(9-13)27-6-3-7-28-20/h4-5,8-9,11H,3,6-7,10H2,1-2H3,(H,22,24)(H,23,25). The van der Waals surface area contributed by atoms with Crippen LogP contribution in [0.2, 0.25) is 5.02 Å². The number of rotatable bonds is 5. The van der Waals surface area contributed by atoms with Gasteiger partial charge in [-0.05, 0) is 35.9 Å². The predicted octanol–water partition coefficient (Wildman–Crippen LogP) is 3.65. The molecule has 2 aromatic rings. The summed E-state index contributed by atoms with van der Waals surface area (Å²) in [5.74, 6) is 1.10. The van der Waals surface area contributed by atoms with Crippen molar-refractivity contribution in [3.05, 3.63) is 40.9 Å². The smallest absolute Gasteiger partial charge is 0.228 e. The number of methoxy groups -OCH3 is 1. The van der Waals surface area contributed by atoms with E-state index in [0.717, 1.165) is 6.42 Å². The molecule has 0 aliphatic carbocycles. The van der Waals surface area contributed by atoms with Crippen LogP contribution in [0.15, 0.2) is 30.3 Å². The van der Waals surface area contributed by atoms with Crippen LogP contribution in [0.1, 0.15) is 18.9 Å². The molecule has 0 spiro atoms. The van der Waals surface area contributed by atoms with Gasteiger partial charge in [0.05, 0.1) is 37.5 Å². The van der Waals surface area contributed by atoms with Crippen LogP contribution >= 0.6 is 11.6 Å². The molecule has 2 aromatic carbocycles. The van der Waals surface area contributed by atoms with E-state index in [9.17, 15) is 9.59 Å². The van der Waals surface area contributed by atoms with Crippen molar-refractivity contribution in [2.75, 3.05) is 31.0 Å². The second-order valence-corrected chi connectivity index (χ2v) is 6.68.